The van der Waals surface area contributed by atoms with Crippen LogP contribution in [0.25, 0.3) is 0 Å². The van der Waals surface area contributed by atoms with Crippen LogP contribution in [-0.4, -0.2) is 17.6 Å². The molecule has 0 spiro atoms. The Morgan fingerprint density at radius 1 is 1.24 bits per heavy atom. The maximum absolute atomic E-state index is 13.3. The van der Waals surface area contributed by atoms with Crippen molar-refractivity contribution in [2.45, 2.75) is 19.4 Å². The topological polar surface area (TPSA) is 40.5 Å². The van der Waals surface area contributed by atoms with Crippen molar-refractivity contribution in [3.05, 3.63) is 65.0 Å². The fourth-order valence-electron chi connectivity index (χ4n) is 2.92. The van der Waals surface area contributed by atoms with Crippen LogP contribution in [0.15, 0.2) is 42.5 Å². The minimum absolute atomic E-state index is 0.246. The van der Waals surface area contributed by atoms with Gasteiger partial charge in [-0.2, -0.15) is 0 Å². The Labute approximate surface area is 122 Å². The molecule has 0 saturated heterocycles. The third-order valence-electron chi connectivity index (χ3n) is 3.84. The van der Waals surface area contributed by atoms with Crippen LogP contribution in [0.3, 0.4) is 0 Å². The summed E-state index contributed by atoms with van der Waals surface area (Å²) in [6.07, 6.45) is 1.68. The van der Waals surface area contributed by atoms with E-state index < -0.39 is 5.97 Å². The van der Waals surface area contributed by atoms with Crippen molar-refractivity contribution in [1.82, 2.24) is 0 Å². The minimum Gasteiger partial charge on any atom is -0.478 e. The zero-order chi connectivity index (χ0) is 14.8. The van der Waals surface area contributed by atoms with Crippen LogP contribution in [-0.2, 0) is 13.0 Å². The third-order valence-corrected chi connectivity index (χ3v) is 3.84. The molecule has 0 saturated carbocycles. The van der Waals surface area contributed by atoms with Crippen molar-refractivity contribution < 1.29 is 14.3 Å². The summed E-state index contributed by atoms with van der Waals surface area (Å²) in [5.41, 5.74) is 3.10. The van der Waals surface area contributed by atoms with Gasteiger partial charge < -0.3 is 10.0 Å². The first-order valence-corrected chi connectivity index (χ1v) is 7.00. The molecule has 4 heteroatoms. The highest BCUT2D eigenvalue weighted by atomic mass is 19.1. The number of rotatable bonds is 3. The van der Waals surface area contributed by atoms with Crippen LogP contribution in [0.4, 0.5) is 10.1 Å². The molecule has 3 nitrogen and oxygen atoms in total. The molecule has 0 bridgehead atoms. The Bertz CT molecular complexity index is 684. The van der Waals surface area contributed by atoms with E-state index in [9.17, 15) is 14.3 Å². The van der Waals surface area contributed by atoms with E-state index in [1.54, 1.807) is 18.2 Å². The van der Waals surface area contributed by atoms with Crippen molar-refractivity contribution in [2.75, 3.05) is 11.4 Å². The first-order chi connectivity index (χ1) is 10.1. The fourth-order valence-corrected chi connectivity index (χ4v) is 2.92. The molecule has 0 radical (unpaired) electrons. The van der Waals surface area contributed by atoms with Crippen LogP contribution < -0.4 is 4.90 Å². The van der Waals surface area contributed by atoms with E-state index in [-0.39, 0.29) is 5.82 Å². The van der Waals surface area contributed by atoms with E-state index in [1.165, 1.54) is 12.1 Å². The normalized spacial score (nSPS) is 13.9. The highest BCUT2D eigenvalue weighted by molar-refractivity contribution is 5.91. The number of hydrogen-bond donors (Lipinski definition) is 1. The van der Waals surface area contributed by atoms with Gasteiger partial charge in [-0.05, 0) is 48.2 Å². The van der Waals surface area contributed by atoms with Crippen molar-refractivity contribution >= 4 is 11.7 Å². The van der Waals surface area contributed by atoms with E-state index in [0.29, 0.717) is 12.1 Å². The summed E-state index contributed by atoms with van der Waals surface area (Å²) in [6, 6.07) is 11.9. The average Bonchev–Trinajstić information content (AvgIpc) is 2.47. The van der Waals surface area contributed by atoms with Gasteiger partial charge in [0.15, 0.2) is 0 Å². The highest BCUT2D eigenvalue weighted by Gasteiger charge is 2.21. The number of aromatic carboxylic acids is 1. The maximum Gasteiger partial charge on any atom is 0.336 e. The second kappa shape index (κ2) is 5.56. The zero-order valence-corrected chi connectivity index (χ0v) is 11.6. The summed E-state index contributed by atoms with van der Waals surface area (Å²) in [7, 11) is 0. The molecule has 0 atom stereocenters. The lowest BCUT2D eigenvalue weighted by Gasteiger charge is -2.32. The van der Waals surface area contributed by atoms with Gasteiger partial charge in [0.1, 0.15) is 5.82 Å². The lowest BCUT2D eigenvalue weighted by Crippen LogP contribution is -2.29. The van der Waals surface area contributed by atoms with Crippen molar-refractivity contribution in [3.63, 3.8) is 0 Å². The quantitative estimate of drug-likeness (QED) is 0.938. The molecule has 3 rings (SSSR count). The second-order valence-electron chi connectivity index (χ2n) is 5.26. The Balaban J connectivity index is 1.94. The molecule has 1 aliphatic heterocycles. The summed E-state index contributed by atoms with van der Waals surface area (Å²) in [6.45, 7) is 1.44. The number of fused-ring (bicyclic) bond motifs is 1. The molecule has 108 valence electrons. The second-order valence-corrected chi connectivity index (χ2v) is 5.26. The van der Waals surface area contributed by atoms with Gasteiger partial charge in [-0.15, -0.1) is 0 Å². The SMILES string of the molecule is O=C(O)c1cccc2c1CCCN2Cc1cccc(F)c1. The van der Waals surface area contributed by atoms with Gasteiger partial charge in [-0.3, -0.25) is 0 Å². The predicted octanol–water partition coefficient (Wildman–Crippen LogP) is 3.48. The van der Waals surface area contributed by atoms with Crippen LogP contribution in [0.5, 0.6) is 0 Å². The predicted molar refractivity (Wildman–Crippen MR) is 79.2 cm³/mol. The monoisotopic (exact) mass is 285 g/mol. The molecule has 1 heterocycles. The maximum atomic E-state index is 13.3. The van der Waals surface area contributed by atoms with Crippen molar-refractivity contribution in [2.24, 2.45) is 0 Å². The first-order valence-electron chi connectivity index (χ1n) is 7.00. The van der Waals surface area contributed by atoms with Gasteiger partial charge in [0, 0.05) is 18.8 Å². The van der Waals surface area contributed by atoms with E-state index in [0.717, 1.165) is 36.2 Å². The number of hydrogen-bond acceptors (Lipinski definition) is 2. The van der Waals surface area contributed by atoms with Gasteiger partial charge in [-0.25, -0.2) is 9.18 Å². The molecule has 2 aromatic carbocycles. The molecule has 21 heavy (non-hydrogen) atoms. The third kappa shape index (κ3) is 2.75. The van der Waals surface area contributed by atoms with Gasteiger partial charge >= 0.3 is 5.97 Å². The Morgan fingerprint density at radius 2 is 2.05 bits per heavy atom. The lowest BCUT2D eigenvalue weighted by molar-refractivity contribution is 0.0695. The molecule has 1 aliphatic rings. The molecule has 0 fully saturated rings. The van der Waals surface area contributed by atoms with Crippen LogP contribution in [0, 0.1) is 5.82 Å². The van der Waals surface area contributed by atoms with Crippen molar-refractivity contribution in [3.8, 4) is 0 Å². The summed E-state index contributed by atoms with van der Waals surface area (Å²) >= 11 is 0. The standard InChI is InChI=1S/C17H16FNO2/c18-13-5-1-4-12(10-13)11-19-9-3-7-14-15(17(20)21)6-2-8-16(14)19/h1-2,4-6,8,10H,3,7,9,11H2,(H,20,21). The number of nitrogens with zero attached hydrogens (tertiary/aromatic N) is 1. The summed E-state index contributed by atoms with van der Waals surface area (Å²) in [4.78, 5) is 13.4. The number of carboxylic acids is 1. The van der Waals surface area contributed by atoms with Crippen LogP contribution in [0.1, 0.15) is 27.9 Å². The molecular formula is C17H16FNO2. The number of anilines is 1. The first kappa shape index (κ1) is 13.6. The van der Waals surface area contributed by atoms with E-state index >= 15 is 0 Å². The Kier molecular flexibility index (Phi) is 3.60. The largest absolute Gasteiger partial charge is 0.478 e. The molecule has 0 aromatic heterocycles. The van der Waals surface area contributed by atoms with Gasteiger partial charge in [0.05, 0.1) is 5.56 Å². The lowest BCUT2D eigenvalue weighted by atomic mass is 9.96. The Morgan fingerprint density at radius 3 is 2.81 bits per heavy atom. The molecule has 2 aromatic rings. The summed E-state index contributed by atoms with van der Waals surface area (Å²) in [5, 5.41) is 9.29. The highest BCUT2D eigenvalue weighted by Crippen LogP contribution is 2.31. The van der Waals surface area contributed by atoms with E-state index in [4.69, 9.17) is 0 Å². The number of halogens is 1. The van der Waals surface area contributed by atoms with Gasteiger partial charge in [0.2, 0.25) is 0 Å². The zero-order valence-electron chi connectivity index (χ0n) is 11.6. The van der Waals surface area contributed by atoms with Crippen LogP contribution in [0.2, 0.25) is 0 Å². The molecule has 0 amide bonds. The number of carboxylic acid groups (broad SMARTS) is 1. The fraction of sp³-hybridized carbons (Fsp3) is 0.235. The molecular weight excluding hydrogens is 269 g/mol. The van der Waals surface area contributed by atoms with Gasteiger partial charge in [0.25, 0.3) is 0 Å². The average molecular weight is 285 g/mol. The Hall–Kier alpha value is -2.36. The summed E-state index contributed by atoms with van der Waals surface area (Å²) in [5.74, 6) is -1.14. The molecule has 1 N–H and O–H groups in total. The minimum atomic E-state index is -0.889. The van der Waals surface area contributed by atoms with E-state index in [1.807, 2.05) is 12.1 Å². The smallest absolute Gasteiger partial charge is 0.336 e. The van der Waals surface area contributed by atoms with E-state index in [2.05, 4.69) is 4.90 Å². The number of benzene rings is 2. The van der Waals surface area contributed by atoms with Gasteiger partial charge in [-0.1, -0.05) is 18.2 Å². The van der Waals surface area contributed by atoms with Crippen molar-refractivity contribution in [1.29, 1.82) is 0 Å². The number of carbonyl (C=O) groups is 1. The molecule has 0 aliphatic carbocycles. The van der Waals surface area contributed by atoms with Crippen LogP contribution >= 0.6 is 0 Å². The molecule has 0 unspecified atom stereocenters. The summed E-state index contributed by atoms with van der Waals surface area (Å²) < 4.78 is 13.3.